The van der Waals surface area contributed by atoms with Crippen molar-refractivity contribution in [1.82, 2.24) is 15.1 Å². The SMILES string of the molecule is COCC1(CN[C@@H]2C[C@H]2c2ccccc2)CCN(C(=O)N2CC[C@@H](O)C2=O)CC1. The molecule has 29 heavy (non-hydrogen) atoms. The summed E-state index contributed by atoms with van der Waals surface area (Å²) in [7, 11) is 1.73. The second kappa shape index (κ2) is 8.42. The minimum atomic E-state index is -1.03. The Morgan fingerprint density at radius 2 is 1.97 bits per heavy atom. The Bertz CT molecular complexity index is 733. The Balaban J connectivity index is 1.30. The Hall–Kier alpha value is -1.96. The third-order valence-corrected chi connectivity index (χ3v) is 6.71. The normalized spacial score (nSPS) is 28.6. The molecule has 2 heterocycles. The first-order chi connectivity index (χ1) is 14.0. The number of imide groups is 1. The molecule has 0 radical (unpaired) electrons. The van der Waals surface area contributed by atoms with Crippen molar-refractivity contribution in [3.63, 3.8) is 0 Å². The van der Waals surface area contributed by atoms with Gasteiger partial charge in [-0.1, -0.05) is 30.3 Å². The zero-order valence-corrected chi connectivity index (χ0v) is 17.0. The summed E-state index contributed by atoms with van der Waals surface area (Å²) in [6.45, 7) is 3.06. The summed E-state index contributed by atoms with van der Waals surface area (Å²) >= 11 is 0. The smallest absolute Gasteiger partial charge is 0.326 e. The summed E-state index contributed by atoms with van der Waals surface area (Å²) in [5.74, 6) is 0.121. The molecular formula is C22H31N3O4. The molecule has 0 aromatic heterocycles. The highest BCUT2D eigenvalue weighted by Gasteiger charge is 2.43. The van der Waals surface area contributed by atoms with Crippen LogP contribution in [0.5, 0.6) is 0 Å². The van der Waals surface area contributed by atoms with Crippen LogP contribution < -0.4 is 5.32 Å². The Labute approximate surface area is 172 Å². The van der Waals surface area contributed by atoms with Crippen LogP contribution in [0, 0.1) is 5.41 Å². The third-order valence-electron chi connectivity index (χ3n) is 6.71. The summed E-state index contributed by atoms with van der Waals surface area (Å²) in [6.07, 6.45) is 2.15. The van der Waals surface area contributed by atoms with Gasteiger partial charge in [-0.05, 0) is 24.8 Å². The lowest BCUT2D eigenvalue weighted by atomic mass is 9.79. The number of nitrogens with one attached hydrogen (secondary N) is 1. The van der Waals surface area contributed by atoms with Gasteiger partial charge in [0.25, 0.3) is 5.91 Å². The molecule has 2 N–H and O–H groups in total. The number of ether oxygens (including phenoxy) is 1. The van der Waals surface area contributed by atoms with Gasteiger partial charge in [0.2, 0.25) is 0 Å². The molecule has 158 valence electrons. The molecule has 3 fully saturated rings. The average molecular weight is 402 g/mol. The maximum atomic E-state index is 12.7. The Morgan fingerprint density at radius 3 is 2.59 bits per heavy atom. The predicted octanol–water partition coefficient (Wildman–Crippen LogP) is 1.57. The number of benzene rings is 1. The lowest BCUT2D eigenvalue weighted by Crippen LogP contribution is -2.53. The molecule has 1 aromatic rings. The lowest BCUT2D eigenvalue weighted by molar-refractivity contribution is -0.132. The predicted molar refractivity (Wildman–Crippen MR) is 108 cm³/mol. The van der Waals surface area contributed by atoms with E-state index in [1.54, 1.807) is 12.0 Å². The first kappa shape index (κ1) is 20.3. The summed E-state index contributed by atoms with van der Waals surface area (Å²) in [5.41, 5.74) is 1.40. The standard InChI is InChI=1S/C22H31N3O4/c1-29-15-22(14-23-18-13-17(18)16-5-3-2-4-6-16)8-11-24(12-9-22)21(28)25-10-7-19(26)20(25)27/h2-6,17-19,23,26H,7-15H2,1H3/t17-,18+,19+/m0/s1. The second-order valence-corrected chi connectivity index (χ2v) is 8.74. The molecule has 1 aliphatic carbocycles. The molecule has 3 aliphatic rings. The van der Waals surface area contributed by atoms with Gasteiger partial charge in [-0.25, -0.2) is 4.79 Å². The number of hydrogen-bond donors (Lipinski definition) is 2. The highest BCUT2D eigenvalue weighted by Crippen LogP contribution is 2.42. The number of hydrogen-bond acceptors (Lipinski definition) is 5. The Morgan fingerprint density at radius 1 is 1.24 bits per heavy atom. The van der Waals surface area contributed by atoms with Crippen LogP contribution in [0.15, 0.2) is 30.3 Å². The lowest BCUT2D eigenvalue weighted by Gasteiger charge is -2.42. The number of methoxy groups -OCH3 is 1. The van der Waals surface area contributed by atoms with Crippen molar-refractivity contribution in [2.45, 2.75) is 43.7 Å². The van der Waals surface area contributed by atoms with E-state index in [4.69, 9.17) is 4.74 Å². The first-order valence-corrected chi connectivity index (χ1v) is 10.6. The molecule has 4 rings (SSSR count). The molecule has 0 bridgehead atoms. The molecule has 7 heteroatoms. The number of rotatable bonds is 6. The van der Waals surface area contributed by atoms with Crippen molar-refractivity contribution in [3.05, 3.63) is 35.9 Å². The van der Waals surface area contributed by atoms with Crippen LogP contribution in [0.2, 0.25) is 0 Å². The van der Waals surface area contributed by atoms with Crippen LogP contribution >= 0.6 is 0 Å². The molecule has 1 aromatic carbocycles. The quantitative estimate of drug-likeness (QED) is 0.756. The number of piperidine rings is 1. The van der Waals surface area contributed by atoms with Crippen molar-refractivity contribution in [2.24, 2.45) is 5.41 Å². The first-order valence-electron chi connectivity index (χ1n) is 10.6. The van der Waals surface area contributed by atoms with Crippen LogP contribution in [-0.4, -0.2) is 78.9 Å². The highest BCUT2D eigenvalue weighted by molar-refractivity contribution is 5.98. The maximum absolute atomic E-state index is 12.7. The number of aliphatic hydroxyl groups is 1. The van der Waals surface area contributed by atoms with E-state index in [1.165, 1.54) is 10.5 Å². The molecule has 0 spiro atoms. The number of aliphatic hydroxyl groups excluding tert-OH is 1. The van der Waals surface area contributed by atoms with E-state index in [-0.39, 0.29) is 11.4 Å². The number of urea groups is 1. The van der Waals surface area contributed by atoms with Crippen LogP contribution in [0.25, 0.3) is 0 Å². The molecule has 0 unspecified atom stereocenters. The second-order valence-electron chi connectivity index (χ2n) is 8.74. The molecule has 3 atom stereocenters. The maximum Gasteiger partial charge on any atom is 0.326 e. The van der Waals surface area contributed by atoms with Gasteiger partial charge in [-0.3, -0.25) is 9.69 Å². The fourth-order valence-electron chi connectivity index (χ4n) is 4.71. The van der Waals surface area contributed by atoms with Gasteiger partial charge < -0.3 is 20.1 Å². The van der Waals surface area contributed by atoms with Gasteiger partial charge in [0.05, 0.1) is 6.61 Å². The fraction of sp³-hybridized carbons (Fsp3) is 0.636. The van der Waals surface area contributed by atoms with Crippen molar-refractivity contribution in [2.75, 3.05) is 39.9 Å². The molecule has 2 aliphatic heterocycles. The van der Waals surface area contributed by atoms with Crippen LogP contribution in [-0.2, 0) is 9.53 Å². The molecule has 7 nitrogen and oxygen atoms in total. The van der Waals surface area contributed by atoms with E-state index in [2.05, 4.69) is 29.6 Å². The minimum Gasteiger partial charge on any atom is -0.384 e. The van der Waals surface area contributed by atoms with Gasteiger partial charge in [0.15, 0.2) is 0 Å². The number of carbonyl (C=O) groups excluding carboxylic acids is 2. The number of nitrogens with zero attached hydrogens (tertiary/aromatic N) is 2. The van der Waals surface area contributed by atoms with Crippen molar-refractivity contribution < 1.29 is 19.4 Å². The van der Waals surface area contributed by atoms with Crippen LogP contribution in [0.3, 0.4) is 0 Å². The van der Waals surface area contributed by atoms with E-state index in [0.29, 0.717) is 44.6 Å². The molecule has 3 amide bonds. The van der Waals surface area contributed by atoms with Gasteiger partial charge in [-0.15, -0.1) is 0 Å². The zero-order chi connectivity index (χ0) is 20.4. The van der Waals surface area contributed by atoms with E-state index in [9.17, 15) is 14.7 Å². The van der Waals surface area contributed by atoms with E-state index in [1.807, 2.05) is 6.07 Å². The van der Waals surface area contributed by atoms with E-state index < -0.39 is 12.0 Å². The minimum absolute atomic E-state index is 0.00386. The van der Waals surface area contributed by atoms with Crippen molar-refractivity contribution >= 4 is 11.9 Å². The molecule has 1 saturated carbocycles. The largest absolute Gasteiger partial charge is 0.384 e. The average Bonchev–Trinajstić information content (AvgIpc) is 3.46. The van der Waals surface area contributed by atoms with Crippen molar-refractivity contribution in [1.29, 1.82) is 0 Å². The topological polar surface area (TPSA) is 82.1 Å². The summed E-state index contributed by atoms with van der Waals surface area (Å²) in [4.78, 5) is 27.6. The Kier molecular flexibility index (Phi) is 5.90. The number of likely N-dealkylation sites (tertiary alicyclic amines) is 2. The van der Waals surface area contributed by atoms with Gasteiger partial charge in [-0.2, -0.15) is 0 Å². The number of carbonyl (C=O) groups is 2. The van der Waals surface area contributed by atoms with Gasteiger partial charge in [0, 0.05) is 57.1 Å². The third kappa shape index (κ3) is 4.32. The van der Waals surface area contributed by atoms with Crippen LogP contribution in [0.4, 0.5) is 4.79 Å². The molecular weight excluding hydrogens is 370 g/mol. The fourth-order valence-corrected chi connectivity index (χ4v) is 4.71. The van der Waals surface area contributed by atoms with E-state index >= 15 is 0 Å². The molecule has 2 saturated heterocycles. The van der Waals surface area contributed by atoms with Gasteiger partial charge in [0.1, 0.15) is 6.10 Å². The summed E-state index contributed by atoms with van der Waals surface area (Å²) in [5, 5.41) is 13.3. The monoisotopic (exact) mass is 401 g/mol. The number of amides is 3. The summed E-state index contributed by atoms with van der Waals surface area (Å²) in [6, 6.07) is 10.9. The van der Waals surface area contributed by atoms with Gasteiger partial charge >= 0.3 is 6.03 Å². The summed E-state index contributed by atoms with van der Waals surface area (Å²) < 4.78 is 5.53. The highest BCUT2D eigenvalue weighted by atomic mass is 16.5. The zero-order valence-electron chi connectivity index (χ0n) is 17.0. The van der Waals surface area contributed by atoms with Crippen LogP contribution in [0.1, 0.15) is 37.2 Å². The van der Waals surface area contributed by atoms with E-state index in [0.717, 1.165) is 25.8 Å². The van der Waals surface area contributed by atoms with Crippen molar-refractivity contribution in [3.8, 4) is 0 Å².